The Balaban J connectivity index is 1.95. The predicted molar refractivity (Wildman–Crippen MR) is 59.1 cm³/mol. The summed E-state index contributed by atoms with van der Waals surface area (Å²) >= 11 is 0. The molecule has 16 heavy (non-hydrogen) atoms. The molecule has 2 aliphatic rings. The van der Waals surface area contributed by atoms with Crippen molar-refractivity contribution >= 4 is 11.7 Å². The lowest BCUT2D eigenvalue weighted by molar-refractivity contribution is -0.147. The van der Waals surface area contributed by atoms with Gasteiger partial charge in [-0.3, -0.25) is 14.5 Å². The highest BCUT2D eigenvalue weighted by molar-refractivity contribution is 6.38. The zero-order valence-electron chi connectivity index (χ0n) is 9.69. The van der Waals surface area contributed by atoms with Gasteiger partial charge >= 0.3 is 0 Å². The average Bonchev–Trinajstić information content (AvgIpc) is 2.75. The minimum Gasteiger partial charge on any atom is -0.333 e. The molecule has 0 bridgehead atoms. The lowest BCUT2D eigenvalue weighted by Crippen LogP contribution is -2.50. The summed E-state index contributed by atoms with van der Waals surface area (Å²) in [6.45, 7) is 3.44. The van der Waals surface area contributed by atoms with Crippen LogP contribution in [0.5, 0.6) is 0 Å². The molecule has 2 saturated heterocycles. The van der Waals surface area contributed by atoms with Gasteiger partial charge in [0.1, 0.15) is 0 Å². The first-order chi connectivity index (χ1) is 7.70. The fourth-order valence-corrected chi connectivity index (χ4v) is 2.35. The predicted octanol–water partition coefficient (Wildman–Crippen LogP) is -0.904. The molecule has 1 atom stereocenters. The van der Waals surface area contributed by atoms with Gasteiger partial charge in [-0.1, -0.05) is 0 Å². The fourth-order valence-electron chi connectivity index (χ4n) is 2.35. The molecule has 0 aliphatic carbocycles. The van der Waals surface area contributed by atoms with E-state index in [0.29, 0.717) is 26.2 Å². The summed E-state index contributed by atoms with van der Waals surface area (Å²) in [5, 5.41) is 4.17. The number of Topliss-reactive ketones (excluding diaryl/α,β-unsaturated/α-hetero) is 1. The molecule has 0 N–H and O–H groups in total. The number of hydrogen-bond donors (Lipinski definition) is 0. The highest BCUT2D eigenvalue weighted by Gasteiger charge is 2.34. The Morgan fingerprint density at radius 1 is 1.19 bits per heavy atom. The summed E-state index contributed by atoms with van der Waals surface area (Å²) in [6, 6.07) is -0.189. The molecule has 2 fully saturated rings. The van der Waals surface area contributed by atoms with Crippen molar-refractivity contribution in [2.45, 2.75) is 18.9 Å². The number of amides is 1. The quantitative estimate of drug-likeness (QED) is 0.571. The summed E-state index contributed by atoms with van der Waals surface area (Å²) < 4.78 is 0. The van der Waals surface area contributed by atoms with E-state index in [1.165, 1.54) is 0 Å². The molecular formula is C11H18N3O2. The molecule has 1 radical (unpaired) electrons. The van der Waals surface area contributed by atoms with E-state index in [0.717, 1.165) is 19.4 Å². The second kappa shape index (κ2) is 4.93. The van der Waals surface area contributed by atoms with Crippen LogP contribution in [0.15, 0.2) is 0 Å². The van der Waals surface area contributed by atoms with Crippen molar-refractivity contribution in [3.63, 3.8) is 0 Å². The SMILES string of the molecule is CN1CCC[C@H]1C(=O)C(=O)N1CC[N]CC1. The van der Waals surface area contributed by atoms with E-state index >= 15 is 0 Å². The molecule has 2 rings (SSSR count). The van der Waals surface area contributed by atoms with Crippen LogP contribution in [-0.4, -0.2) is 67.3 Å². The van der Waals surface area contributed by atoms with Gasteiger partial charge in [0, 0.05) is 26.2 Å². The second-order valence-electron chi connectivity index (χ2n) is 4.47. The summed E-state index contributed by atoms with van der Waals surface area (Å²) in [7, 11) is 1.91. The highest BCUT2D eigenvalue weighted by atomic mass is 16.2. The van der Waals surface area contributed by atoms with Crippen molar-refractivity contribution in [1.29, 1.82) is 0 Å². The van der Waals surface area contributed by atoms with Crippen LogP contribution in [0.25, 0.3) is 0 Å². The van der Waals surface area contributed by atoms with Crippen molar-refractivity contribution in [2.24, 2.45) is 0 Å². The van der Waals surface area contributed by atoms with E-state index < -0.39 is 0 Å². The number of piperazine rings is 1. The number of ketones is 1. The molecule has 2 heterocycles. The Morgan fingerprint density at radius 2 is 1.88 bits per heavy atom. The van der Waals surface area contributed by atoms with Gasteiger partial charge in [0.25, 0.3) is 5.91 Å². The smallest absolute Gasteiger partial charge is 0.291 e. The van der Waals surface area contributed by atoms with Gasteiger partial charge < -0.3 is 4.90 Å². The minimum absolute atomic E-state index is 0.189. The van der Waals surface area contributed by atoms with E-state index in [-0.39, 0.29) is 17.7 Å². The summed E-state index contributed by atoms with van der Waals surface area (Å²) in [4.78, 5) is 27.6. The third-order valence-corrected chi connectivity index (χ3v) is 3.38. The molecule has 0 aromatic carbocycles. The maximum absolute atomic E-state index is 12.0. The molecule has 0 unspecified atom stereocenters. The Labute approximate surface area is 95.8 Å². The first-order valence-corrected chi connectivity index (χ1v) is 5.87. The van der Waals surface area contributed by atoms with Crippen LogP contribution in [0.1, 0.15) is 12.8 Å². The number of carbonyl (C=O) groups excluding carboxylic acids is 2. The van der Waals surface area contributed by atoms with Gasteiger partial charge in [-0.25, -0.2) is 5.32 Å². The largest absolute Gasteiger partial charge is 0.333 e. The van der Waals surface area contributed by atoms with E-state index in [9.17, 15) is 9.59 Å². The monoisotopic (exact) mass is 224 g/mol. The fraction of sp³-hybridized carbons (Fsp3) is 0.818. The van der Waals surface area contributed by atoms with Crippen LogP contribution >= 0.6 is 0 Å². The number of hydrogen-bond acceptors (Lipinski definition) is 3. The summed E-state index contributed by atoms with van der Waals surface area (Å²) in [5.41, 5.74) is 0. The van der Waals surface area contributed by atoms with E-state index in [1.807, 2.05) is 11.9 Å². The first-order valence-electron chi connectivity index (χ1n) is 5.87. The zero-order valence-corrected chi connectivity index (χ0v) is 9.69. The Morgan fingerprint density at radius 3 is 2.44 bits per heavy atom. The third kappa shape index (κ3) is 2.25. The van der Waals surface area contributed by atoms with E-state index in [2.05, 4.69) is 5.32 Å². The maximum atomic E-state index is 12.0. The summed E-state index contributed by atoms with van der Waals surface area (Å²) in [5.74, 6) is -0.546. The molecular weight excluding hydrogens is 206 g/mol. The lowest BCUT2D eigenvalue weighted by atomic mass is 10.1. The molecule has 2 aliphatic heterocycles. The average molecular weight is 224 g/mol. The number of carbonyl (C=O) groups is 2. The van der Waals surface area contributed by atoms with Crippen LogP contribution in [-0.2, 0) is 9.59 Å². The van der Waals surface area contributed by atoms with E-state index in [4.69, 9.17) is 0 Å². The Hall–Kier alpha value is -0.940. The molecule has 89 valence electrons. The number of nitrogens with zero attached hydrogens (tertiary/aromatic N) is 3. The van der Waals surface area contributed by atoms with Crippen LogP contribution in [0.4, 0.5) is 0 Å². The third-order valence-electron chi connectivity index (χ3n) is 3.38. The van der Waals surface area contributed by atoms with Crippen LogP contribution in [0.2, 0.25) is 0 Å². The highest BCUT2D eigenvalue weighted by Crippen LogP contribution is 2.16. The van der Waals surface area contributed by atoms with Crippen molar-refractivity contribution in [2.75, 3.05) is 39.8 Å². The second-order valence-corrected chi connectivity index (χ2v) is 4.47. The Kier molecular flexibility index (Phi) is 3.56. The number of rotatable bonds is 2. The zero-order chi connectivity index (χ0) is 11.5. The van der Waals surface area contributed by atoms with Gasteiger partial charge in [-0.15, -0.1) is 0 Å². The molecule has 0 spiro atoms. The van der Waals surface area contributed by atoms with E-state index in [1.54, 1.807) is 4.90 Å². The maximum Gasteiger partial charge on any atom is 0.291 e. The normalized spacial score (nSPS) is 27.1. The number of likely N-dealkylation sites (tertiary alicyclic amines) is 1. The minimum atomic E-state index is -0.311. The molecule has 5 heteroatoms. The first kappa shape index (κ1) is 11.5. The molecule has 0 saturated carbocycles. The molecule has 0 aromatic rings. The van der Waals surface area contributed by atoms with Crippen molar-refractivity contribution < 1.29 is 9.59 Å². The van der Waals surface area contributed by atoms with Gasteiger partial charge in [0.15, 0.2) is 0 Å². The molecule has 0 aromatic heterocycles. The van der Waals surface area contributed by atoms with Gasteiger partial charge in [-0.2, -0.15) is 0 Å². The van der Waals surface area contributed by atoms with Gasteiger partial charge in [-0.05, 0) is 26.4 Å². The van der Waals surface area contributed by atoms with Crippen LogP contribution in [0.3, 0.4) is 0 Å². The number of likely N-dealkylation sites (N-methyl/N-ethyl adjacent to an activating group) is 1. The summed E-state index contributed by atoms with van der Waals surface area (Å²) in [6.07, 6.45) is 1.83. The van der Waals surface area contributed by atoms with Crippen LogP contribution < -0.4 is 5.32 Å². The Bertz CT molecular complexity index is 287. The standard InChI is InChI=1S/C11H18N3O2/c1-13-6-2-3-9(13)10(15)11(16)14-7-4-12-5-8-14/h9H,2-8H2,1H3/t9-/m0/s1. The van der Waals surface area contributed by atoms with Crippen molar-refractivity contribution in [3.05, 3.63) is 0 Å². The molecule has 1 amide bonds. The molecule has 5 nitrogen and oxygen atoms in total. The van der Waals surface area contributed by atoms with Crippen molar-refractivity contribution in [3.8, 4) is 0 Å². The van der Waals surface area contributed by atoms with Crippen LogP contribution in [0, 0.1) is 0 Å². The van der Waals surface area contributed by atoms with Gasteiger partial charge in [0.05, 0.1) is 6.04 Å². The topological polar surface area (TPSA) is 54.7 Å². The van der Waals surface area contributed by atoms with Gasteiger partial charge in [0.2, 0.25) is 5.78 Å². The lowest BCUT2D eigenvalue weighted by Gasteiger charge is -2.27. The van der Waals surface area contributed by atoms with Crippen molar-refractivity contribution in [1.82, 2.24) is 15.1 Å².